The zero-order chi connectivity index (χ0) is 16.4. The maximum atomic E-state index is 12.1. The fourth-order valence-corrected chi connectivity index (χ4v) is 2.89. The summed E-state index contributed by atoms with van der Waals surface area (Å²) in [4.78, 5) is 12.3. The summed E-state index contributed by atoms with van der Waals surface area (Å²) in [6.45, 7) is 0. The Morgan fingerprint density at radius 2 is 1.91 bits per heavy atom. The maximum absolute atomic E-state index is 12.1. The largest absolute Gasteiger partial charge is 0.326 e. The Bertz CT molecular complexity index is 960. The number of aromatic amines is 1. The predicted molar refractivity (Wildman–Crippen MR) is 88.0 cm³/mol. The van der Waals surface area contributed by atoms with Gasteiger partial charge < -0.3 is 5.32 Å². The average molecular weight is 329 g/mol. The number of anilines is 1. The van der Waals surface area contributed by atoms with Gasteiger partial charge in [-0.3, -0.25) is 9.89 Å². The third-order valence-corrected chi connectivity index (χ3v) is 4.57. The van der Waals surface area contributed by atoms with Crippen LogP contribution in [0.2, 0.25) is 0 Å². The van der Waals surface area contributed by atoms with Gasteiger partial charge in [0.05, 0.1) is 23.0 Å². The molecule has 0 aliphatic rings. The van der Waals surface area contributed by atoms with E-state index in [2.05, 4.69) is 15.5 Å². The van der Waals surface area contributed by atoms with Gasteiger partial charge in [0.1, 0.15) is 0 Å². The zero-order valence-corrected chi connectivity index (χ0v) is 13.2. The Morgan fingerprint density at radius 3 is 2.61 bits per heavy atom. The van der Waals surface area contributed by atoms with Crippen LogP contribution in [0.3, 0.4) is 0 Å². The predicted octanol–water partition coefficient (Wildman–Crippen LogP) is 2.15. The van der Waals surface area contributed by atoms with E-state index < -0.39 is 9.84 Å². The zero-order valence-electron chi connectivity index (χ0n) is 12.4. The molecule has 6 nitrogen and oxygen atoms in total. The molecule has 1 aromatic heterocycles. The van der Waals surface area contributed by atoms with E-state index in [0.29, 0.717) is 5.69 Å². The molecular weight excluding hydrogens is 314 g/mol. The lowest BCUT2D eigenvalue weighted by Gasteiger charge is -2.06. The van der Waals surface area contributed by atoms with Gasteiger partial charge in [-0.05, 0) is 35.9 Å². The number of sulfone groups is 1. The number of H-pyrrole nitrogens is 1. The summed E-state index contributed by atoms with van der Waals surface area (Å²) in [7, 11) is -3.22. The highest BCUT2D eigenvalue weighted by Gasteiger charge is 2.09. The SMILES string of the molecule is CS(=O)(=O)c1ccc(CC(=O)Nc2ccc3cn[nH]c3c2)cc1. The number of aromatic nitrogens is 2. The number of fused-ring (bicyclic) bond motifs is 1. The van der Waals surface area contributed by atoms with E-state index in [1.807, 2.05) is 18.2 Å². The first-order valence-electron chi connectivity index (χ1n) is 6.94. The van der Waals surface area contributed by atoms with Crippen molar-refractivity contribution in [1.82, 2.24) is 10.2 Å². The van der Waals surface area contributed by atoms with Crippen molar-refractivity contribution in [3.8, 4) is 0 Å². The number of nitrogens with one attached hydrogen (secondary N) is 2. The van der Waals surface area contributed by atoms with Gasteiger partial charge in [-0.1, -0.05) is 12.1 Å². The van der Waals surface area contributed by atoms with Gasteiger partial charge in [0.2, 0.25) is 5.91 Å². The monoisotopic (exact) mass is 329 g/mol. The van der Waals surface area contributed by atoms with Gasteiger partial charge in [-0.25, -0.2) is 8.42 Å². The van der Waals surface area contributed by atoms with E-state index in [1.165, 1.54) is 12.1 Å². The molecule has 3 rings (SSSR count). The maximum Gasteiger partial charge on any atom is 0.228 e. The average Bonchev–Trinajstić information content (AvgIpc) is 2.94. The molecule has 0 saturated heterocycles. The normalized spacial score (nSPS) is 11.5. The third-order valence-electron chi connectivity index (χ3n) is 3.44. The summed E-state index contributed by atoms with van der Waals surface area (Å²) >= 11 is 0. The van der Waals surface area contributed by atoms with Crippen LogP contribution in [0.4, 0.5) is 5.69 Å². The van der Waals surface area contributed by atoms with Crippen LogP contribution in [0.1, 0.15) is 5.56 Å². The van der Waals surface area contributed by atoms with Crippen LogP contribution < -0.4 is 5.32 Å². The van der Waals surface area contributed by atoms with Crippen molar-refractivity contribution < 1.29 is 13.2 Å². The van der Waals surface area contributed by atoms with Gasteiger partial charge in [-0.2, -0.15) is 5.10 Å². The molecule has 0 atom stereocenters. The summed E-state index contributed by atoms with van der Waals surface area (Å²) in [5.74, 6) is -0.170. The van der Waals surface area contributed by atoms with Crippen LogP contribution in [0.5, 0.6) is 0 Å². The first-order valence-corrected chi connectivity index (χ1v) is 8.83. The second kappa shape index (κ2) is 5.85. The highest BCUT2D eigenvalue weighted by Crippen LogP contribution is 2.17. The fourth-order valence-electron chi connectivity index (χ4n) is 2.26. The second-order valence-corrected chi connectivity index (χ2v) is 7.33. The smallest absolute Gasteiger partial charge is 0.228 e. The molecule has 0 bridgehead atoms. The highest BCUT2D eigenvalue weighted by molar-refractivity contribution is 7.90. The van der Waals surface area contributed by atoms with Crippen LogP contribution in [-0.4, -0.2) is 30.8 Å². The van der Waals surface area contributed by atoms with E-state index in [1.54, 1.807) is 18.3 Å². The summed E-state index contributed by atoms with van der Waals surface area (Å²) in [6.07, 6.45) is 3.04. The first-order chi connectivity index (χ1) is 10.9. The van der Waals surface area contributed by atoms with Crippen molar-refractivity contribution in [2.75, 3.05) is 11.6 Å². The lowest BCUT2D eigenvalue weighted by atomic mass is 10.1. The van der Waals surface area contributed by atoms with Crippen LogP contribution in [-0.2, 0) is 21.1 Å². The number of nitrogens with zero attached hydrogens (tertiary/aromatic N) is 1. The molecule has 1 amide bonds. The summed E-state index contributed by atoms with van der Waals surface area (Å²) < 4.78 is 22.8. The van der Waals surface area contributed by atoms with Crippen LogP contribution >= 0.6 is 0 Å². The molecule has 2 N–H and O–H groups in total. The van der Waals surface area contributed by atoms with E-state index in [4.69, 9.17) is 0 Å². The molecule has 118 valence electrons. The van der Waals surface area contributed by atoms with E-state index in [-0.39, 0.29) is 17.2 Å². The van der Waals surface area contributed by atoms with Gasteiger partial charge >= 0.3 is 0 Å². The molecule has 0 radical (unpaired) electrons. The summed E-state index contributed by atoms with van der Waals surface area (Å²) in [6, 6.07) is 11.8. The van der Waals surface area contributed by atoms with Crippen LogP contribution in [0.15, 0.2) is 53.6 Å². The Balaban J connectivity index is 1.69. The molecule has 23 heavy (non-hydrogen) atoms. The first kappa shape index (κ1) is 15.2. The lowest BCUT2D eigenvalue weighted by Crippen LogP contribution is -2.14. The minimum Gasteiger partial charge on any atom is -0.326 e. The van der Waals surface area contributed by atoms with E-state index in [9.17, 15) is 13.2 Å². The number of benzene rings is 2. The molecule has 0 fully saturated rings. The van der Waals surface area contributed by atoms with E-state index >= 15 is 0 Å². The molecule has 0 unspecified atom stereocenters. The van der Waals surface area contributed by atoms with Crippen molar-refractivity contribution in [3.63, 3.8) is 0 Å². The molecule has 2 aromatic carbocycles. The van der Waals surface area contributed by atoms with Crippen molar-refractivity contribution in [2.24, 2.45) is 0 Å². The minimum atomic E-state index is -3.22. The molecule has 3 aromatic rings. The number of hydrogen-bond acceptors (Lipinski definition) is 4. The topological polar surface area (TPSA) is 91.9 Å². The number of amides is 1. The van der Waals surface area contributed by atoms with Crippen LogP contribution in [0.25, 0.3) is 10.9 Å². The molecule has 0 spiro atoms. The Labute approximate surface area is 133 Å². The third kappa shape index (κ3) is 3.57. The molecule has 1 heterocycles. The van der Waals surface area contributed by atoms with Gasteiger partial charge in [-0.15, -0.1) is 0 Å². The fraction of sp³-hybridized carbons (Fsp3) is 0.125. The Morgan fingerprint density at radius 1 is 1.17 bits per heavy atom. The summed E-state index contributed by atoms with van der Waals surface area (Å²) in [5.41, 5.74) is 2.28. The molecular formula is C16H15N3O3S. The lowest BCUT2D eigenvalue weighted by molar-refractivity contribution is -0.115. The number of carbonyl (C=O) groups excluding carboxylic acids is 1. The quantitative estimate of drug-likeness (QED) is 0.767. The van der Waals surface area contributed by atoms with Crippen molar-refractivity contribution in [2.45, 2.75) is 11.3 Å². The molecule has 0 saturated carbocycles. The molecule has 0 aliphatic carbocycles. The van der Waals surface area contributed by atoms with Crippen molar-refractivity contribution in [1.29, 1.82) is 0 Å². The van der Waals surface area contributed by atoms with Gasteiger partial charge in [0, 0.05) is 17.3 Å². The van der Waals surface area contributed by atoms with Gasteiger partial charge in [0.15, 0.2) is 9.84 Å². The van der Waals surface area contributed by atoms with Crippen molar-refractivity contribution in [3.05, 3.63) is 54.2 Å². The molecule has 0 aliphatic heterocycles. The van der Waals surface area contributed by atoms with Crippen LogP contribution in [0, 0.1) is 0 Å². The van der Waals surface area contributed by atoms with E-state index in [0.717, 1.165) is 22.7 Å². The second-order valence-electron chi connectivity index (χ2n) is 5.31. The number of rotatable bonds is 4. The highest BCUT2D eigenvalue weighted by atomic mass is 32.2. The standard InChI is InChI=1S/C16H15N3O3S/c1-23(21,22)14-6-2-11(3-7-14)8-16(20)18-13-5-4-12-10-17-19-15(12)9-13/h2-7,9-10H,8H2,1H3,(H,17,19)(H,18,20). The van der Waals surface area contributed by atoms with Gasteiger partial charge in [0.25, 0.3) is 0 Å². The van der Waals surface area contributed by atoms with Crippen molar-refractivity contribution >= 4 is 32.3 Å². The minimum absolute atomic E-state index is 0.170. The Hall–Kier alpha value is -2.67. The number of hydrogen-bond donors (Lipinski definition) is 2. The Kier molecular flexibility index (Phi) is 3.87. The summed E-state index contributed by atoms with van der Waals surface area (Å²) in [5, 5.41) is 10.6. The number of carbonyl (C=O) groups is 1. The molecule has 7 heteroatoms.